The van der Waals surface area contributed by atoms with Gasteiger partial charge in [0.05, 0.1) is 16.9 Å². The van der Waals surface area contributed by atoms with Crippen molar-refractivity contribution in [2.75, 3.05) is 10.6 Å². The number of anilines is 2. The Morgan fingerprint density at radius 2 is 1.78 bits per heavy atom. The minimum atomic E-state index is -1.22. The second-order valence-corrected chi connectivity index (χ2v) is 7.33. The third-order valence-corrected chi connectivity index (χ3v) is 5.70. The highest BCUT2D eigenvalue weighted by molar-refractivity contribution is 6.34. The molecule has 6 nitrogen and oxygen atoms in total. The second-order valence-electron chi connectivity index (χ2n) is 6.52. The number of halogens is 2. The van der Waals surface area contributed by atoms with Gasteiger partial charge in [0, 0.05) is 28.3 Å². The number of fused-ring (bicyclic) bond motifs is 4. The van der Waals surface area contributed by atoms with Gasteiger partial charge in [0.15, 0.2) is 0 Å². The molecule has 0 aliphatic carbocycles. The molecule has 0 radical (unpaired) electrons. The molecule has 27 heavy (non-hydrogen) atoms. The summed E-state index contributed by atoms with van der Waals surface area (Å²) in [4.78, 5) is 25.7. The predicted molar refractivity (Wildman–Crippen MR) is 103 cm³/mol. The maximum atomic E-state index is 13.1. The van der Waals surface area contributed by atoms with E-state index >= 15 is 0 Å². The third-order valence-electron chi connectivity index (χ3n) is 5.07. The van der Waals surface area contributed by atoms with Gasteiger partial charge in [0.2, 0.25) is 11.8 Å². The molecular formula is C19H12Cl2N4O2. The zero-order valence-corrected chi connectivity index (χ0v) is 15.3. The van der Waals surface area contributed by atoms with Crippen LogP contribution in [-0.2, 0) is 15.0 Å². The smallest absolute Gasteiger partial charge is 0.240 e. The second kappa shape index (κ2) is 5.58. The highest BCUT2D eigenvalue weighted by atomic mass is 35.5. The first-order chi connectivity index (χ1) is 13.0. The Morgan fingerprint density at radius 1 is 1.00 bits per heavy atom. The molecule has 2 aliphatic heterocycles. The van der Waals surface area contributed by atoms with E-state index in [0.717, 1.165) is 0 Å². The van der Waals surface area contributed by atoms with Crippen LogP contribution in [0.1, 0.15) is 17.5 Å². The highest BCUT2D eigenvalue weighted by Crippen LogP contribution is 2.52. The molecule has 2 aromatic carbocycles. The Labute approximate surface area is 164 Å². The van der Waals surface area contributed by atoms with Crippen LogP contribution in [0.25, 0.3) is 5.69 Å². The van der Waals surface area contributed by atoms with Gasteiger partial charge < -0.3 is 10.6 Å². The number of carbonyl (C=O) groups excluding carboxylic acids is 2. The van der Waals surface area contributed by atoms with Crippen LogP contribution in [-0.4, -0.2) is 21.6 Å². The van der Waals surface area contributed by atoms with Gasteiger partial charge in [0.25, 0.3) is 0 Å². The summed E-state index contributed by atoms with van der Waals surface area (Å²) >= 11 is 12.8. The Hall–Kier alpha value is -2.83. The van der Waals surface area contributed by atoms with Crippen molar-refractivity contribution in [3.8, 4) is 5.69 Å². The van der Waals surface area contributed by atoms with Crippen molar-refractivity contribution >= 4 is 46.5 Å². The maximum Gasteiger partial charge on any atom is 0.240 e. The molecule has 1 spiro atoms. The van der Waals surface area contributed by atoms with Crippen LogP contribution in [0.4, 0.5) is 11.5 Å². The van der Waals surface area contributed by atoms with E-state index < -0.39 is 5.41 Å². The number of amides is 2. The van der Waals surface area contributed by atoms with Crippen LogP contribution in [0.5, 0.6) is 0 Å². The SMILES string of the molecule is O=C1CC2(C(=O)Nc3cccc(Cl)c32)c2cnn(-c3ccccc3Cl)c2N1. The van der Waals surface area contributed by atoms with E-state index in [1.165, 1.54) is 0 Å². The van der Waals surface area contributed by atoms with E-state index in [4.69, 9.17) is 23.2 Å². The topological polar surface area (TPSA) is 76.0 Å². The quantitative estimate of drug-likeness (QED) is 0.654. The van der Waals surface area contributed by atoms with Gasteiger partial charge in [-0.2, -0.15) is 5.10 Å². The van der Waals surface area contributed by atoms with Gasteiger partial charge in [-0.05, 0) is 24.3 Å². The third kappa shape index (κ3) is 2.11. The molecular weight excluding hydrogens is 387 g/mol. The fourth-order valence-corrected chi connectivity index (χ4v) is 4.48. The minimum Gasteiger partial charge on any atom is -0.325 e. The summed E-state index contributed by atoms with van der Waals surface area (Å²) in [7, 11) is 0. The van der Waals surface area contributed by atoms with Crippen molar-refractivity contribution in [3.63, 3.8) is 0 Å². The average molecular weight is 399 g/mol. The molecule has 0 saturated carbocycles. The number of hydrogen-bond acceptors (Lipinski definition) is 3. The van der Waals surface area contributed by atoms with Crippen LogP contribution in [0.15, 0.2) is 48.7 Å². The normalized spacial score (nSPS) is 20.2. The molecule has 0 fully saturated rings. The fraction of sp³-hybridized carbons (Fsp3) is 0.105. The van der Waals surface area contributed by atoms with Crippen molar-refractivity contribution < 1.29 is 9.59 Å². The predicted octanol–water partition coefficient (Wildman–Crippen LogP) is 3.76. The molecule has 2 aliphatic rings. The first-order valence-electron chi connectivity index (χ1n) is 8.26. The fourth-order valence-electron chi connectivity index (χ4n) is 3.93. The number of para-hydroxylation sites is 1. The van der Waals surface area contributed by atoms with E-state index in [-0.39, 0.29) is 18.2 Å². The Morgan fingerprint density at radius 3 is 2.59 bits per heavy atom. The highest BCUT2D eigenvalue weighted by Gasteiger charge is 2.55. The van der Waals surface area contributed by atoms with Crippen LogP contribution < -0.4 is 10.6 Å². The average Bonchev–Trinajstić information content (AvgIpc) is 3.16. The van der Waals surface area contributed by atoms with Crippen molar-refractivity contribution in [2.24, 2.45) is 0 Å². The summed E-state index contributed by atoms with van der Waals surface area (Å²) < 4.78 is 1.54. The van der Waals surface area contributed by atoms with Gasteiger partial charge in [-0.15, -0.1) is 0 Å². The van der Waals surface area contributed by atoms with Crippen LogP contribution in [0.3, 0.4) is 0 Å². The lowest BCUT2D eigenvalue weighted by Gasteiger charge is -2.32. The summed E-state index contributed by atoms with van der Waals surface area (Å²) in [6.07, 6.45) is 1.55. The van der Waals surface area contributed by atoms with Crippen molar-refractivity contribution in [2.45, 2.75) is 11.8 Å². The number of aromatic nitrogens is 2. The van der Waals surface area contributed by atoms with Crippen molar-refractivity contribution in [1.29, 1.82) is 0 Å². The lowest BCUT2D eigenvalue weighted by Crippen LogP contribution is -2.43. The Balaban J connectivity index is 1.81. The summed E-state index contributed by atoms with van der Waals surface area (Å²) in [5, 5.41) is 11.0. The summed E-state index contributed by atoms with van der Waals surface area (Å²) in [5.41, 5.74) is 1.19. The van der Waals surface area contributed by atoms with E-state index in [1.807, 2.05) is 12.1 Å². The van der Waals surface area contributed by atoms with Crippen LogP contribution >= 0.6 is 23.2 Å². The maximum absolute atomic E-state index is 13.1. The summed E-state index contributed by atoms with van der Waals surface area (Å²) in [5.74, 6) is -0.165. The molecule has 3 aromatic rings. The van der Waals surface area contributed by atoms with Gasteiger partial charge in [0.1, 0.15) is 11.2 Å². The molecule has 1 unspecified atom stereocenters. The monoisotopic (exact) mass is 398 g/mol. The molecule has 8 heteroatoms. The first-order valence-corrected chi connectivity index (χ1v) is 9.01. The first kappa shape index (κ1) is 16.4. The molecule has 3 heterocycles. The van der Waals surface area contributed by atoms with Gasteiger partial charge in [-0.25, -0.2) is 4.68 Å². The van der Waals surface area contributed by atoms with Gasteiger partial charge in [-0.3, -0.25) is 9.59 Å². The van der Waals surface area contributed by atoms with E-state index in [0.29, 0.717) is 38.4 Å². The van der Waals surface area contributed by atoms with Crippen molar-refractivity contribution in [1.82, 2.24) is 9.78 Å². The molecule has 134 valence electrons. The lowest BCUT2D eigenvalue weighted by atomic mass is 9.72. The van der Waals surface area contributed by atoms with E-state index in [9.17, 15) is 9.59 Å². The molecule has 1 aromatic heterocycles. The largest absolute Gasteiger partial charge is 0.325 e. The van der Waals surface area contributed by atoms with Crippen LogP contribution in [0.2, 0.25) is 10.0 Å². The standard InChI is InChI=1S/C19H12Cl2N4O2/c20-11-4-1-2-7-14(11)25-17-10(9-22-25)19(8-15(26)24-17)16-12(21)5-3-6-13(16)23-18(19)27/h1-7,9H,8H2,(H,23,27)(H,24,26). The van der Waals surface area contributed by atoms with Gasteiger partial charge >= 0.3 is 0 Å². The summed E-state index contributed by atoms with van der Waals surface area (Å²) in [6, 6.07) is 12.4. The minimum absolute atomic E-state index is 0.0449. The molecule has 0 bridgehead atoms. The summed E-state index contributed by atoms with van der Waals surface area (Å²) in [6.45, 7) is 0. The number of nitrogens with zero attached hydrogens (tertiary/aromatic N) is 2. The number of rotatable bonds is 1. The van der Waals surface area contributed by atoms with Crippen molar-refractivity contribution in [3.05, 3.63) is 69.8 Å². The molecule has 1 atom stereocenters. The zero-order chi connectivity index (χ0) is 18.8. The Bertz CT molecular complexity index is 1140. The molecule has 2 amide bonds. The number of carbonyl (C=O) groups is 2. The molecule has 0 saturated heterocycles. The number of benzene rings is 2. The van der Waals surface area contributed by atoms with E-state index in [2.05, 4.69) is 15.7 Å². The van der Waals surface area contributed by atoms with Gasteiger partial charge in [-0.1, -0.05) is 41.4 Å². The number of hydrogen-bond donors (Lipinski definition) is 2. The molecule has 2 N–H and O–H groups in total. The molecule has 5 rings (SSSR count). The number of nitrogens with one attached hydrogen (secondary N) is 2. The van der Waals surface area contributed by atoms with E-state index in [1.54, 1.807) is 41.2 Å². The zero-order valence-electron chi connectivity index (χ0n) is 13.8. The van der Waals surface area contributed by atoms with Crippen LogP contribution in [0, 0.1) is 0 Å². The lowest BCUT2D eigenvalue weighted by molar-refractivity contribution is -0.125. The Kier molecular flexibility index (Phi) is 3.38.